The van der Waals surface area contributed by atoms with Gasteiger partial charge in [0.2, 0.25) is 0 Å². The summed E-state index contributed by atoms with van der Waals surface area (Å²) in [5.74, 6) is 0. The van der Waals surface area contributed by atoms with E-state index in [1.54, 1.807) is 29.2 Å². The van der Waals surface area contributed by atoms with Crippen molar-refractivity contribution >= 4 is 35.7 Å². The lowest BCUT2D eigenvalue weighted by molar-refractivity contribution is 0.770. The lowest BCUT2D eigenvalue weighted by Gasteiger charge is -2.05. The molecule has 0 saturated heterocycles. The molecule has 24 heavy (non-hydrogen) atoms. The van der Waals surface area contributed by atoms with Gasteiger partial charge in [-0.2, -0.15) is 5.10 Å². The Hall–Kier alpha value is -2.79. The number of allylic oxidation sites excluding steroid dienone is 1. The first-order valence-electron chi connectivity index (χ1n) is 7.34. The zero-order valence-corrected chi connectivity index (χ0v) is 14.2. The molecule has 3 rings (SSSR count). The first-order valence-corrected chi connectivity index (χ1v) is 7.72. The maximum absolute atomic E-state index is 6.01. The minimum absolute atomic E-state index is 0.419. The number of nitrogens with zero attached hydrogens (tertiary/aromatic N) is 5. The third kappa shape index (κ3) is 3.26. The lowest BCUT2D eigenvalue weighted by Crippen LogP contribution is -1.88. The smallest absolute Gasteiger partial charge is 0.129 e. The topological polar surface area (TPSA) is 56.0 Å². The molecule has 0 aromatic carbocycles. The Morgan fingerprint density at radius 2 is 2.00 bits per heavy atom. The van der Waals surface area contributed by atoms with Gasteiger partial charge in [0.05, 0.1) is 17.1 Å². The summed E-state index contributed by atoms with van der Waals surface area (Å²) in [5.41, 5.74) is 5.29. The number of pyridine rings is 2. The van der Waals surface area contributed by atoms with Crippen LogP contribution in [0.1, 0.15) is 18.2 Å². The average molecular weight is 338 g/mol. The van der Waals surface area contributed by atoms with Gasteiger partial charge in [0.25, 0.3) is 0 Å². The van der Waals surface area contributed by atoms with Crippen molar-refractivity contribution in [2.24, 2.45) is 12.0 Å². The van der Waals surface area contributed by atoms with Crippen molar-refractivity contribution < 1.29 is 0 Å². The third-order valence-corrected chi connectivity index (χ3v) is 3.81. The predicted molar refractivity (Wildman–Crippen MR) is 98.4 cm³/mol. The second-order valence-corrected chi connectivity index (χ2v) is 5.71. The van der Waals surface area contributed by atoms with Crippen molar-refractivity contribution in [2.75, 3.05) is 0 Å². The van der Waals surface area contributed by atoms with Crippen molar-refractivity contribution in [1.82, 2.24) is 19.7 Å². The van der Waals surface area contributed by atoms with Crippen LogP contribution in [0.4, 0.5) is 5.69 Å². The third-order valence-electron chi connectivity index (χ3n) is 3.60. The van der Waals surface area contributed by atoms with Gasteiger partial charge in [0, 0.05) is 36.8 Å². The Kier molecular flexibility index (Phi) is 4.53. The highest BCUT2D eigenvalue weighted by molar-refractivity contribution is 6.29. The zero-order valence-electron chi connectivity index (χ0n) is 13.4. The Bertz CT molecular complexity index is 912. The van der Waals surface area contributed by atoms with Gasteiger partial charge in [-0.15, -0.1) is 0 Å². The van der Waals surface area contributed by atoms with Gasteiger partial charge in [-0.3, -0.25) is 14.7 Å². The van der Waals surface area contributed by atoms with Gasteiger partial charge in [0.1, 0.15) is 5.15 Å². The molecule has 3 aromatic rings. The SMILES string of the molecule is C=Nc1ccc(Cl)nc1/C=C(\C)c1cn(C)nc1-c1ccncc1. The van der Waals surface area contributed by atoms with Crippen LogP contribution in [0.3, 0.4) is 0 Å². The van der Waals surface area contributed by atoms with Crippen LogP contribution in [-0.2, 0) is 7.05 Å². The summed E-state index contributed by atoms with van der Waals surface area (Å²) >= 11 is 6.01. The summed E-state index contributed by atoms with van der Waals surface area (Å²) in [6.07, 6.45) is 7.43. The summed E-state index contributed by atoms with van der Waals surface area (Å²) in [4.78, 5) is 12.4. The summed E-state index contributed by atoms with van der Waals surface area (Å²) in [6.45, 7) is 5.60. The molecule has 0 amide bonds. The second kappa shape index (κ2) is 6.76. The first kappa shape index (κ1) is 16.1. The minimum atomic E-state index is 0.419. The molecular formula is C18H16ClN5. The summed E-state index contributed by atoms with van der Waals surface area (Å²) in [7, 11) is 1.90. The molecule has 0 aliphatic carbocycles. The highest BCUT2D eigenvalue weighted by Crippen LogP contribution is 2.30. The molecule has 0 saturated carbocycles. The molecule has 6 heteroatoms. The fraction of sp³-hybridized carbons (Fsp3) is 0.111. The molecule has 0 aliphatic heterocycles. The molecule has 3 aromatic heterocycles. The largest absolute Gasteiger partial charge is 0.275 e. The van der Waals surface area contributed by atoms with E-state index < -0.39 is 0 Å². The number of aliphatic imine (C=N–C) groups is 1. The lowest BCUT2D eigenvalue weighted by atomic mass is 10.0. The Balaban J connectivity index is 2.10. The van der Waals surface area contributed by atoms with E-state index >= 15 is 0 Å². The van der Waals surface area contributed by atoms with E-state index in [9.17, 15) is 0 Å². The van der Waals surface area contributed by atoms with E-state index in [1.165, 1.54) is 0 Å². The molecule has 0 atom stereocenters. The fourth-order valence-corrected chi connectivity index (χ4v) is 2.62. The van der Waals surface area contributed by atoms with Crippen molar-refractivity contribution in [3.8, 4) is 11.3 Å². The average Bonchev–Trinajstić information content (AvgIpc) is 2.98. The van der Waals surface area contributed by atoms with E-state index in [-0.39, 0.29) is 0 Å². The molecule has 0 bridgehead atoms. The van der Waals surface area contributed by atoms with Crippen molar-refractivity contribution in [3.05, 3.63) is 59.3 Å². The number of rotatable bonds is 4. The van der Waals surface area contributed by atoms with Crippen molar-refractivity contribution in [2.45, 2.75) is 6.92 Å². The highest BCUT2D eigenvalue weighted by Gasteiger charge is 2.12. The Morgan fingerprint density at radius 3 is 2.71 bits per heavy atom. The molecule has 0 radical (unpaired) electrons. The molecule has 120 valence electrons. The van der Waals surface area contributed by atoms with Crippen LogP contribution in [0.5, 0.6) is 0 Å². The van der Waals surface area contributed by atoms with Gasteiger partial charge in [-0.25, -0.2) is 4.98 Å². The molecule has 0 N–H and O–H groups in total. The molecule has 0 fully saturated rings. The number of hydrogen-bond donors (Lipinski definition) is 0. The maximum Gasteiger partial charge on any atom is 0.129 e. The monoisotopic (exact) mass is 337 g/mol. The van der Waals surface area contributed by atoms with Crippen molar-refractivity contribution in [1.29, 1.82) is 0 Å². The normalized spacial score (nSPS) is 11.5. The van der Waals surface area contributed by atoms with E-state index in [4.69, 9.17) is 11.6 Å². The predicted octanol–water partition coefficient (Wildman–Crippen LogP) is 4.42. The number of aryl methyl sites for hydroxylation is 1. The first-order chi connectivity index (χ1) is 11.6. The van der Waals surface area contributed by atoms with Crippen LogP contribution in [0.15, 0.2) is 47.8 Å². The Labute approximate surface area is 145 Å². The summed E-state index contributed by atoms with van der Waals surface area (Å²) < 4.78 is 1.79. The van der Waals surface area contributed by atoms with Crippen LogP contribution in [0.25, 0.3) is 22.9 Å². The number of hydrogen-bond acceptors (Lipinski definition) is 4. The van der Waals surface area contributed by atoms with Crippen LogP contribution in [0.2, 0.25) is 5.15 Å². The molecule has 0 aliphatic rings. The van der Waals surface area contributed by atoms with Crippen LogP contribution in [0, 0.1) is 0 Å². The van der Waals surface area contributed by atoms with Gasteiger partial charge < -0.3 is 0 Å². The quantitative estimate of drug-likeness (QED) is 0.523. The molecule has 0 unspecified atom stereocenters. The van der Waals surface area contributed by atoms with Gasteiger partial charge in [-0.05, 0) is 49.6 Å². The van der Waals surface area contributed by atoms with Crippen LogP contribution >= 0.6 is 11.6 Å². The number of aromatic nitrogens is 4. The maximum atomic E-state index is 6.01. The fourth-order valence-electron chi connectivity index (χ4n) is 2.47. The zero-order chi connectivity index (χ0) is 17.1. The second-order valence-electron chi connectivity index (χ2n) is 5.32. The molecule has 3 heterocycles. The standard InChI is InChI=1S/C18H16ClN5/c1-12(10-16-15(20-2)4-5-17(19)22-16)14-11-24(3)23-18(14)13-6-8-21-9-7-13/h4-11H,2H2,1,3H3/b12-10+. The van der Waals surface area contributed by atoms with E-state index in [2.05, 4.69) is 26.8 Å². The Morgan fingerprint density at radius 1 is 1.25 bits per heavy atom. The van der Waals surface area contributed by atoms with Gasteiger partial charge >= 0.3 is 0 Å². The van der Waals surface area contributed by atoms with Crippen LogP contribution in [-0.4, -0.2) is 26.5 Å². The van der Waals surface area contributed by atoms with E-state index in [1.807, 2.05) is 38.4 Å². The van der Waals surface area contributed by atoms with Gasteiger partial charge in [0.15, 0.2) is 0 Å². The van der Waals surface area contributed by atoms with Crippen molar-refractivity contribution in [3.63, 3.8) is 0 Å². The van der Waals surface area contributed by atoms with Crippen LogP contribution < -0.4 is 0 Å². The summed E-state index contributed by atoms with van der Waals surface area (Å²) in [5, 5.41) is 4.99. The molecular weight excluding hydrogens is 322 g/mol. The molecule has 5 nitrogen and oxygen atoms in total. The minimum Gasteiger partial charge on any atom is -0.275 e. The van der Waals surface area contributed by atoms with E-state index in [0.717, 1.165) is 22.4 Å². The van der Waals surface area contributed by atoms with E-state index in [0.29, 0.717) is 16.5 Å². The summed E-state index contributed by atoms with van der Waals surface area (Å²) in [6, 6.07) is 7.38. The number of halogens is 1. The molecule has 0 spiro atoms. The van der Waals surface area contributed by atoms with Gasteiger partial charge in [-0.1, -0.05) is 11.6 Å². The highest BCUT2D eigenvalue weighted by atomic mass is 35.5.